The summed E-state index contributed by atoms with van der Waals surface area (Å²) in [5.74, 6) is 0. The predicted molar refractivity (Wildman–Crippen MR) is 61.2 cm³/mol. The normalized spacial score (nSPS) is 18.3. The van der Waals surface area contributed by atoms with E-state index in [0.717, 1.165) is 5.25 Å². The zero-order valence-electron chi connectivity index (χ0n) is 6.91. The molecule has 0 atom stereocenters. The third-order valence-electron chi connectivity index (χ3n) is 1.83. The van der Waals surface area contributed by atoms with Crippen molar-refractivity contribution >= 4 is 39.2 Å². The minimum Gasteiger partial charge on any atom is -0.378 e. The van der Waals surface area contributed by atoms with Gasteiger partial charge in [0.25, 0.3) is 0 Å². The molecule has 0 saturated heterocycles. The summed E-state index contributed by atoms with van der Waals surface area (Å²) < 4.78 is 0. The third-order valence-corrected chi connectivity index (χ3v) is 4.49. The van der Waals surface area contributed by atoms with E-state index in [1.54, 1.807) is 10.8 Å². The molecule has 1 aliphatic rings. The zero-order chi connectivity index (χ0) is 8.10. The number of rotatable bonds is 2. The van der Waals surface area contributed by atoms with Crippen LogP contribution in [0.5, 0.6) is 0 Å². The summed E-state index contributed by atoms with van der Waals surface area (Å²) in [6, 6.07) is 0. The SMILES string of the molecule is Cl.N=C(N)SSC1CCCCC1. The van der Waals surface area contributed by atoms with Gasteiger partial charge < -0.3 is 5.73 Å². The van der Waals surface area contributed by atoms with Crippen molar-refractivity contribution in [1.82, 2.24) is 0 Å². The number of nitrogens with two attached hydrogens (primary N) is 1. The van der Waals surface area contributed by atoms with E-state index in [-0.39, 0.29) is 17.6 Å². The van der Waals surface area contributed by atoms with Gasteiger partial charge in [-0.1, -0.05) is 30.1 Å². The smallest absolute Gasteiger partial charge is 0.161 e. The molecule has 0 aliphatic heterocycles. The molecular formula is C7H15ClN2S2. The maximum Gasteiger partial charge on any atom is 0.161 e. The molecule has 0 heterocycles. The van der Waals surface area contributed by atoms with Crippen LogP contribution < -0.4 is 5.73 Å². The first-order valence-corrected chi connectivity index (χ1v) is 6.17. The number of hydrogen-bond donors (Lipinski definition) is 2. The molecule has 3 N–H and O–H groups in total. The second-order valence-corrected chi connectivity index (χ2v) is 5.35. The van der Waals surface area contributed by atoms with Gasteiger partial charge in [-0.3, -0.25) is 5.41 Å². The Morgan fingerprint density at radius 2 is 1.83 bits per heavy atom. The van der Waals surface area contributed by atoms with Gasteiger partial charge in [0.15, 0.2) is 5.17 Å². The number of nitrogens with one attached hydrogen (secondary N) is 1. The van der Waals surface area contributed by atoms with Crippen LogP contribution in [0.1, 0.15) is 32.1 Å². The molecule has 0 amide bonds. The summed E-state index contributed by atoms with van der Waals surface area (Å²) >= 11 is 0. The van der Waals surface area contributed by atoms with Crippen LogP contribution in [0.4, 0.5) is 0 Å². The van der Waals surface area contributed by atoms with Crippen LogP contribution in [0.15, 0.2) is 0 Å². The minimum atomic E-state index is 0. The van der Waals surface area contributed by atoms with Crippen LogP contribution in [-0.2, 0) is 0 Å². The predicted octanol–water partition coefficient (Wildman–Crippen LogP) is 3.02. The van der Waals surface area contributed by atoms with E-state index in [0.29, 0.717) is 0 Å². The molecule has 0 radical (unpaired) electrons. The van der Waals surface area contributed by atoms with Crippen LogP contribution in [0.25, 0.3) is 0 Å². The Morgan fingerprint density at radius 3 is 2.33 bits per heavy atom. The lowest BCUT2D eigenvalue weighted by molar-refractivity contribution is 0.517. The Bertz CT molecular complexity index is 137. The van der Waals surface area contributed by atoms with Crippen molar-refractivity contribution in [2.24, 2.45) is 5.73 Å². The van der Waals surface area contributed by atoms with Gasteiger partial charge in [0, 0.05) is 5.25 Å². The lowest BCUT2D eigenvalue weighted by atomic mass is 10.0. The van der Waals surface area contributed by atoms with Gasteiger partial charge in [-0.05, 0) is 23.6 Å². The van der Waals surface area contributed by atoms with Crippen molar-refractivity contribution in [3.63, 3.8) is 0 Å². The molecule has 1 saturated carbocycles. The maximum atomic E-state index is 7.03. The summed E-state index contributed by atoms with van der Waals surface area (Å²) in [7, 11) is 3.19. The quantitative estimate of drug-likeness (QED) is 0.432. The number of amidine groups is 1. The highest BCUT2D eigenvalue weighted by molar-refractivity contribution is 8.82. The van der Waals surface area contributed by atoms with Crippen molar-refractivity contribution in [2.45, 2.75) is 37.4 Å². The molecule has 0 aromatic heterocycles. The maximum absolute atomic E-state index is 7.03. The average molecular weight is 227 g/mol. The molecule has 5 heteroatoms. The highest BCUT2D eigenvalue weighted by Crippen LogP contribution is 2.35. The first kappa shape index (κ1) is 12.5. The Hall–Kier alpha value is 0.460. The van der Waals surface area contributed by atoms with Crippen molar-refractivity contribution in [1.29, 1.82) is 5.41 Å². The molecule has 0 aromatic rings. The molecule has 1 aliphatic carbocycles. The van der Waals surface area contributed by atoms with E-state index in [4.69, 9.17) is 11.1 Å². The molecule has 0 aromatic carbocycles. The summed E-state index contributed by atoms with van der Waals surface area (Å²) in [5, 5.41) is 8.02. The standard InChI is InChI=1S/C7H14N2S2.ClH/c8-7(9)11-10-6-4-2-1-3-5-6;/h6H,1-5H2,(H3,8,9);1H. The van der Waals surface area contributed by atoms with Gasteiger partial charge in [0.1, 0.15) is 0 Å². The van der Waals surface area contributed by atoms with Crippen LogP contribution in [-0.4, -0.2) is 10.4 Å². The summed E-state index contributed by atoms with van der Waals surface area (Å²) in [4.78, 5) is 0. The van der Waals surface area contributed by atoms with Gasteiger partial charge in [-0.2, -0.15) is 0 Å². The van der Waals surface area contributed by atoms with Crippen molar-refractivity contribution in [3.8, 4) is 0 Å². The zero-order valence-corrected chi connectivity index (χ0v) is 9.36. The molecule has 0 bridgehead atoms. The molecule has 72 valence electrons. The van der Waals surface area contributed by atoms with E-state index in [2.05, 4.69) is 0 Å². The Labute approximate surface area is 87.7 Å². The first-order valence-electron chi connectivity index (χ1n) is 3.96. The largest absolute Gasteiger partial charge is 0.378 e. The molecule has 0 unspecified atom stereocenters. The van der Waals surface area contributed by atoms with E-state index in [1.807, 2.05) is 0 Å². The van der Waals surface area contributed by atoms with E-state index in [9.17, 15) is 0 Å². The Balaban J connectivity index is 0.00000121. The summed E-state index contributed by atoms with van der Waals surface area (Å²) in [6.45, 7) is 0. The van der Waals surface area contributed by atoms with E-state index < -0.39 is 0 Å². The van der Waals surface area contributed by atoms with Crippen LogP contribution >= 0.6 is 34.0 Å². The second-order valence-electron chi connectivity index (χ2n) is 2.80. The average Bonchev–Trinajstić information content (AvgIpc) is 2.03. The fourth-order valence-corrected chi connectivity index (χ4v) is 3.34. The van der Waals surface area contributed by atoms with Gasteiger partial charge in [-0.15, -0.1) is 12.4 Å². The van der Waals surface area contributed by atoms with Gasteiger partial charge in [0.2, 0.25) is 0 Å². The summed E-state index contributed by atoms with van der Waals surface area (Å²) in [6.07, 6.45) is 6.73. The monoisotopic (exact) mass is 226 g/mol. The fourth-order valence-electron chi connectivity index (χ4n) is 1.28. The third kappa shape index (κ3) is 5.17. The van der Waals surface area contributed by atoms with Gasteiger partial charge in [0.05, 0.1) is 0 Å². The van der Waals surface area contributed by atoms with Gasteiger partial charge >= 0.3 is 0 Å². The lowest BCUT2D eigenvalue weighted by Gasteiger charge is -2.19. The highest BCUT2D eigenvalue weighted by Gasteiger charge is 2.14. The van der Waals surface area contributed by atoms with Crippen molar-refractivity contribution < 1.29 is 0 Å². The first-order chi connectivity index (χ1) is 5.29. The van der Waals surface area contributed by atoms with Crippen molar-refractivity contribution in [2.75, 3.05) is 0 Å². The molecule has 12 heavy (non-hydrogen) atoms. The second kappa shape index (κ2) is 6.92. The lowest BCUT2D eigenvalue weighted by Crippen LogP contribution is -2.09. The van der Waals surface area contributed by atoms with Crippen LogP contribution in [0, 0.1) is 5.41 Å². The Morgan fingerprint density at radius 1 is 1.25 bits per heavy atom. The topological polar surface area (TPSA) is 49.9 Å². The highest BCUT2D eigenvalue weighted by atomic mass is 35.5. The molecule has 1 rings (SSSR count). The minimum absolute atomic E-state index is 0. The van der Waals surface area contributed by atoms with E-state index >= 15 is 0 Å². The van der Waals surface area contributed by atoms with Gasteiger partial charge in [-0.25, -0.2) is 0 Å². The van der Waals surface area contributed by atoms with Crippen LogP contribution in [0.3, 0.4) is 0 Å². The number of hydrogen-bond acceptors (Lipinski definition) is 3. The van der Waals surface area contributed by atoms with Crippen LogP contribution in [0.2, 0.25) is 0 Å². The van der Waals surface area contributed by atoms with E-state index in [1.165, 1.54) is 42.9 Å². The molecule has 1 fully saturated rings. The van der Waals surface area contributed by atoms with Crippen molar-refractivity contribution in [3.05, 3.63) is 0 Å². The number of halogens is 1. The molecular weight excluding hydrogens is 212 g/mol. The fraction of sp³-hybridized carbons (Fsp3) is 0.857. The molecule has 2 nitrogen and oxygen atoms in total. The summed E-state index contributed by atoms with van der Waals surface area (Å²) in [5.41, 5.74) is 5.24. The molecule has 0 spiro atoms. The Kier molecular flexibility index (Phi) is 7.19.